The Balaban J connectivity index is 2.13. The lowest BCUT2D eigenvalue weighted by Crippen LogP contribution is -2.69. The zero-order chi connectivity index (χ0) is 21.4. The third-order valence-electron chi connectivity index (χ3n) is 5.90. The second kappa shape index (κ2) is 10.3. The number of aliphatic carboxylic acids is 1. The van der Waals surface area contributed by atoms with Crippen LogP contribution in [0.15, 0.2) is 30.3 Å². The highest BCUT2D eigenvalue weighted by molar-refractivity contribution is 5.76. The number of carboxylic acids is 1. The van der Waals surface area contributed by atoms with Crippen molar-refractivity contribution < 1.29 is 24.2 Å². The lowest BCUT2D eigenvalue weighted by Gasteiger charge is -2.51. The van der Waals surface area contributed by atoms with E-state index in [0.29, 0.717) is 12.3 Å². The van der Waals surface area contributed by atoms with E-state index in [2.05, 4.69) is 24.5 Å². The van der Waals surface area contributed by atoms with Gasteiger partial charge in [-0.1, -0.05) is 57.0 Å². The Hall–Kier alpha value is -2.57. The van der Waals surface area contributed by atoms with E-state index in [1.807, 2.05) is 30.3 Å². The molecule has 160 valence electrons. The van der Waals surface area contributed by atoms with Gasteiger partial charge in [0.2, 0.25) is 5.91 Å². The minimum absolute atomic E-state index is 0.127. The number of rotatable bonds is 10. The fourth-order valence-electron chi connectivity index (χ4n) is 4.05. The Morgan fingerprint density at radius 2 is 1.79 bits per heavy atom. The summed E-state index contributed by atoms with van der Waals surface area (Å²) in [5.74, 6) is -1.25. The van der Waals surface area contributed by atoms with Gasteiger partial charge in [-0.05, 0) is 30.7 Å². The molecule has 7 nitrogen and oxygen atoms in total. The van der Waals surface area contributed by atoms with Gasteiger partial charge in [-0.25, -0.2) is 4.79 Å². The van der Waals surface area contributed by atoms with Crippen molar-refractivity contribution in [3.05, 3.63) is 35.9 Å². The molecule has 0 aromatic heterocycles. The van der Waals surface area contributed by atoms with Gasteiger partial charge >= 0.3 is 12.1 Å². The number of amides is 2. The highest BCUT2D eigenvalue weighted by Crippen LogP contribution is 2.43. The number of ether oxygens (including phenoxy) is 1. The first-order chi connectivity index (χ1) is 13.8. The summed E-state index contributed by atoms with van der Waals surface area (Å²) in [6.07, 6.45) is 2.52. The van der Waals surface area contributed by atoms with Crippen LogP contribution in [0.2, 0.25) is 0 Å². The standard InChI is InChI=1S/C22H32N2O5/c1-4-16(5-2)11-19(23-15(3)25)22(12-18(13-22)20(26)27)24-21(28)29-14-17-9-7-6-8-10-17/h6-10,16,18-19H,4-5,11-14H2,1-3H3,(H,23,25)(H,24,28)(H,26,27). The first-order valence-corrected chi connectivity index (χ1v) is 10.3. The molecule has 2 amide bonds. The van der Waals surface area contributed by atoms with Crippen molar-refractivity contribution in [1.82, 2.24) is 10.6 Å². The van der Waals surface area contributed by atoms with Gasteiger partial charge < -0.3 is 20.5 Å². The van der Waals surface area contributed by atoms with E-state index in [0.717, 1.165) is 18.4 Å². The van der Waals surface area contributed by atoms with Crippen molar-refractivity contribution in [2.24, 2.45) is 11.8 Å². The Morgan fingerprint density at radius 3 is 2.31 bits per heavy atom. The molecule has 0 saturated heterocycles. The molecule has 1 atom stereocenters. The van der Waals surface area contributed by atoms with E-state index >= 15 is 0 Å². The number of benzene rings is 1. The van der Waals surface area contributed by atoms with Crippen LogP contribution >= 0.6 is 0 Å². The van der Waals surface area contributed by atoms with Crippen LogP contribution in [0.5, 0.6) is 0 Å². The van der Waals surface area contributed by atoms with Crippen LogP contribution in [-0.4, -0.2) is 34.7 Å². The molecule has 1 fully saturated rings. The van der Waals surface area contributed by atoms with E-state index in [9.17, 15) is 19.5 Å². The smallest absolute Gasteiger partial charge is 0.407 e. The third-order valence-corrected chi connectivity index (χ3v) is 5.90. The summed E-state index contributed by atoms with van der Waals surface area (Å²) in [7, 11) is 0. The SMILES string of the molecule is CCC(CC)CC(NC(C)=O)C1(NC(=O)OCc2ccccc2)CC(C(=O)O)C1. The molecule has 2 rings (SSSR count). The van der Waals surface area contributed by atoms with Gasteiger partial charge in [-0.15, -0.1) is 0 Å². The first-order valence-electron chi connectivity index (χ1n) is 10.3. The van der Waals surface area contributed by atoms with Crippen molar-refractivity contribution in [1.29, 1.82) is 0 Å². The molecule has 1 aliphatic rings. The van der Waals surface area contributed by atoms with Crippen LogP contribution in [-0.2, 0) is 20.9 Å². The number of carbonyl (C=O) groups excluding carboxylic acids is 2. The van der Waals surface area contributed by atoms with E-state index in [4.69, 9.17) is 4.74 Å². The average Bonchev–Trinajstić information content (AvgIpc) is 2.66. The van der Waals surface area contributed by atoms with Crippen molar-refractivity contribution in [3.63, 3.8) is 0 Å². The number of nitrogens with one attached hydrogen (secondary N) is 2. The van der Waals surface area contributed by atoms with Crippen LogP contribution in [0, 0.1) is 11.8 Å². The summed E-state index contributed by atoms with van der Waals surface area (Å²) in [4.78, 5) is 35.8. The van der Waals surface area contributed by atoms with Crippen molar-refractivity contribution in [2.75, 3.05) is 0 Å². The summed E-state index contributed by atoms with van der Waals surface area (Å²) >= 11 is 0. The van der Waals surface area contributed by atoms with Gasteiger partial charge in [0.15, 0.2) is 0 Å². The fourth-order valence-corrected chi connectivity index (χ4v) is 4.05. The van der Waals surface area contributed by atoms with Crippen LogP contribution in [0.25, 0.3) is 0 Å². The minimum Gasteiger partial charge on any atom is -0.481 e. The normalized spacial score (nSPS) is 21.7. The highest BCUT2D eigenvalue weighted by Gasteiger charge is 2.54. The molecule has 29 heavy (non-hydrogen) atoms. The van der Waals surface area contributed by atoms with E-state index in [1.54, 1.807) is 0 Å². The summed E-state index contributed by atoms with van der Waals surface area (Å²) in [5.41, 5.74) is 0.0506. The van der Waals surface area contributed by atoms with Gasteiger partial charge in [0.05, 0.1) is 17.5 Å². The predicted molar refractivity (Wildman–Crippen MR) is 109 cm³/mol. The van der Waals surface area contributed by atoms with Crippen LogP contribution < -0.4 is 10.6 Å². The number of carbonyl (C=O) groups is 3. The Kier molecular flexibility index (Phi) is 8.05. The lowest BCUT2D eigenvalue weighted by molar-refractivity contribution is -0.148. The molecule has 0 spiro atoms. The predicted octanol–water partition coefficient (Wildman–Crippen LogP) is 3.48. The monoisotopic (exact) mass is 404 g/mol. The van der Waals surface area contributed by atoms with Crippen LogP contribution in [0.4, 0.5) is 4.79 Å². The second-order valence-corrected chi connectivity index (χ2v) is 7.96. The maximum atomic E-state index is 12.5. The molecule has 1 unspecified atom stereocenters. The number of alkyl carbamates (subject to hydrolysis) is 1. The lowest BCUT2D eigenvalue weighted by atomic mass is 9.62. The zero-order valence-electron chi connectivity index (χ0n) is 17.4. The third kappa shape index (κ3) is 6.21. The van der Waals surface area contributed by atoms with Gasteiger partial charge in [0.25, 0.3) is 0 Å². The molecule has 0 heterocycles. The second-order valence-electron chi connectivity index (χ2n) is 7.96. The summed E-state index contributed by atoms with van der Waals surface area (Å²) in [5, 5.41) is 15.2. The van der Waals surface area contributed by atoms with Crippen molar-refractivity contribution >= 4 is 18.0 Å². The molecule has 1 aliphatic carbocycles. The molecular formula is C22H32N2O5. The Morgan fingerprint density at radius 1 is 1.17 bits per heavy atom. The van der Waals surface area contributed by atoms with Crippen molar-refractivity contribution in [3.8, 4) is 0 Å². The minimum atomic E-state index is -0.885. The van der Waals surface area contributed by atoms with E-state index in [-0.39, 0.29) is 31.4 Å². The molecule has 0 radical (unpaired) electrons. The molecular weight excluding hydrogens is 372 g/mol. The Bertz CT molecular complexity index is 696. The van der Waals surface area contributed by atoms with Crippen molar-refractivity contribution in [2.45, 2.75) is 71.1 Å². The molecule has 3 N–H and O–H groups in total. The summed E-state index contributed by atoms with van der Waals surface area (Å²) in [6, 6.07) is 8.99. The first kappa shape index (κ1) is 22.7. The molecule has 0 bridgehead atoms. The molecule has 1 aromatic carbocycles. The van der Waals surface area contributed by atoms with Gasteiger partial charge in [0.1, 0.15) is 6.61 Å². The van der Waals surface area contributed by atoms with E-state index < -0.39 is 23.5 Å². The van der Waals surface area contributed by atoms with Crippen LogP contribution in [0.3, 0.4) is 0 Å². The van der Waals surface area contributed by atoms with Crippen LogP contribution in [0.1, 0.15) is 58.4 Å². The molecule has 0 aliphatic heterocycles. The van der Waals surface area contributed by atoms with Gasteiger partial charge in [-0.2, -0.15) is 0 Å². The maximum Gasteiger partial charge on any atom is 0.407 e. The topological polar surface area (TPSA) is 105 Å². The zero-order valence-corrected chi connectivity index (χ0v) is 17.4. The highest BCUT2D eigenvalue weighted by atomic mass is 16.5. The fraction of sp³-hybridized carbons (Fsp3) is 0.591. The maximum absolute atomic E-state index is 12.5. The quantitative estimate of drug-likeness (QED) is 0.554. The van der Waals surface area contributed by atoms with Gasteiger partial charge in [0, 0.05) is 6.92 Å². The van der Waals surface area contributed by atoms with Gasteiger partial charge in [-0.3, -0.25) is 9.59 Å². The van der Waals surface area contributed by atoms with E-state index in [1.165, 1.54) is 6.92 Å². The Labute approximate surface area is 172 Å². The largest absolute Gasteiger partial charge is 0.481 e. The molecule has 1 saturated carbocycles. The number of carboxylic acid groups (broad SMARTS) is 1. The average molecular weight is 405 g/mol. The molecule has 1 aromatic rings. The number of hydrogen-bond donors (Lipinski definition) is 3. The summed E-state index contributed by atoms with van der Waals surface area (Å²) < 4.78 is 5.36. The summed E-state index contributed by atoms with van der Waals surface area (Å²) in [6.45, 7) is 5.75. The molecule has 7 heteroatoms. The number of hydrogen-bond acceptors (Lipinski definition) is 4.